The summed E-state index contributed by atoms with van der Waals surface area (Å²) in [5.74, 6) is 0.334. The summed E-state index contributed by atoms with van der Waals surface area (Å²) in [6.45, 7) is 4.13. The number of rotatable bonds is 2. The summed E-state index contributed by atoms with van der Waals surface area (Å²) in [6.07, 6.45) is 0. The van der Waals surface area contributed by atoms with Crippen molar-refractivity contribution in [3.63, 3.8) is 0 Å². The van der Waals surface area contributed by atoms with Gasteiger partial charge in [0.25, 0.3) is 0 Å². The van der Waals surface area contributed by atoms with E-state index in [2.05, 4.69) is 24.0 Å². The molecular weight excluding hydrogens is 191 g/mol. The molecule has 0 saturated carbocycles. The predicted octanol–water partition coefficient (Wildman–Crippen LogP) is 0.366. The molecule has 0 bridgehead atoms. The molecule has 0 radical (unpaired) electrons. The Morgan fingerprint density at radius 2 is 2.07 bits per heavy atom. The third kappa shape index (κ3) is 1.76. The molecule has 0 amide bonds. The standard InChI is InChI=1S/C10H13BN2O2/c1-6(2)10-8-5-7(11(14)15)3-4-9(8)12-13-10/h3-6,14-15H,1-2H3,(H,12,13). The summed E-state index contributed by atoms with van der Waals surface area (Å²) in [6, 6.07) is 5.21. The molecule has 1 aromatic heterocycles. The lowest BCUT2D eigenvalue weighted by Crippen LogP contribution is -2.29. The van der Waals surface area contributed by atoms with Crippen LogP contribution in [0, 0.1) is 0 Å². The molecule has 0 unspecified atom stereocenters. The maximum atomic E-state index is 9.08. The van der Waals surface area contributed by atoms with Gasteiger partial charge in [-0.2, -0.15) is 5.10 Å². The van der Waals surface area contributed by atoms with E-state index in [4.69, 9.17) is 10.0 Å². The summed E-state index contributed by atoms with van der Waals surface area (Å²) in [7, 11) is -1.43. The summed E-state index contributed by atoms with van der Waals surface area (Å²) in [4.78, 5) is 0. The average Bonchev–Trinajstić information content (AvgIpc) is 2.59. The maximum absolute atomic E-state index is 9.08. The Kier molecular flexibility index (Phi) is 2.50. The minimum atomic E-state index is -1.43. The van der Waals surface area contributed by atoms with Crippen molar-refractivity contribution in [2.75, 3.05) is 0 Å². The largest absolute Gasteiger partial charge is 0.488 e. The molecule has 4 nitrogen and oxygen atoms in total. The monoisotopic (exact) mass is 204 g/mol. The molecule has 78 valence electrons. The lowest BCUT2D eigenvalue weighted by Gasteiger charge is -2.03. The zero-order valence-electron chi connectivity index (χ0n) is 8.73. The fourth-order valence-corrected chi connectivity index (χ4v) is 1.65. The van der Waals surface area contributed by atoms with Crippen LogP contribution in [0.2, 0.25) is 0 Å². The molecule has 1 heterocycles. The Bertz CT molecular complexity index is 479. The summed E-state index contributed by atoms with van der Waals surface area (Å²) in [5, 5.41) is 26.2. The molecule has 0 aliphatic carbocycles. The normalized spacial score (nSPS) is 11.3. The van der Waals surface area contributed by atoms with Crippen molar-refractivity contribution in [3.05, 3.63) is 23.9 Å². The first kappa shape index (κ1) is 10.2. The van der Waals surface area contributed by atoms with E-state index in [1.165, 1.54) is 0 Å². The van der Waals surface area contributed by atoms with E-state index in [1.807, 2.05) is 0 Å². The molecule has 2 rings (SSSR count). The fourth-order valence-electron chi connectivity index (χ4n) is 1.65. The topological polar surface area (TPSA) is 69.1 Å². The molecule has 15 heavy (non-hydrogen) atoms. The zero-order valence-corrected chi connectivity index (χ0v) is 8.73. The highest BCUT2D eigenvalue weighted by molar-refractivity contribution is 6.58. The van der Waals surface area contributed by atoms with Gasteiger partial charge in [0.15, 0.2) is 0 Å². The maximum Gasteiger partial charge on any atom is 0.488 e. The van der Waals surface area contributed by atoms with Crippen molar-refractivity contribution in [2.45, 2.75) is 19.8 Å². The smallest absolute Gasteiger partial charge is 0.423 e. The van der Waals surface area contributed by atoms with Crippen LogP contribution in [0.15, 0.2) is 18.2 Å². The quantitative estimate of drug-likeness (QED) is 0.619. The Labute approximate surface area is 88.1 Å². The SMILES string of the molecule is CC(C)c1[nH]nc2ccc(B(O)O)cc12. The van der Waals surface area contributed by atoms with Gasteiger partial charge in [-0.15, -0.1) is 0 Å². The van der Waals surface area contributed by atoms with Crippen molar-refractivity contribution in [3.8, 4) is 0 Å². The molecule has 5 heteroatoms. The van der Waals surface area contributed by atoms with Crippen molar-refractivity contribution in [2.24, 2.45) is 0 Å². The number of aromatic amines is 1. The van der Waals surface area contributed by atoms with Crippen LogP contribution < -0.4 is 5.46 Å². The van der Waals surface area contributed by atoms with E-state index in [0.29, 0.717) is 11.4 Å². The van der Waals surface area contributed by atoms with Crippen LogP contribution in [0.4, 0.5) is 0 Å². The number of aromatic nitrogens is 2. The second kappa shape index (κ2) is 3.68. The number of H-pyrrole nitrogens is 1. The van der Waals surface area contributed by atoms with Crippen LogP contribution in [0.3, 0.4) is 0 Å². The zero-order chi connectivity index (χ0) is 11.0. The molecule has 0 aliphatic rings. The van der Waals surface area contributed by atoms with Crippen LogP contribution >= 0.6 is 0 Å². The van der Waals surface area contributed by atoms with E-state index < -0.39 is 7.12 Å². The Morgan fingerprint density at radius 3 is 2.67 bits per heavy atom. The van der Waals surface area contributed by atoms with Gasteiger partial charge in [0.2, 0.25) is 0 Å². The third-order valence-electron chi connectivity index (χ3n) is 2.48. The van der Waals surface area contributed by atoms with Gasteiger partial charge >= 0.3 is 7.12 Å². The summed E-state index contributed by atoms with van der Waals surface area (Å²) < 4.78 is 0. The first-order valence-corrected chi connectivity index (χ1v) is 4.93. The minimum absolute atomic E-state index is 0.334. The highest BCUT2D eigenvalue weighted by atomic mass is 16.4. The molecule has 1 aromatic carbocycles. The lowest BCUT2D eigenvalue weighted by molar-refractivity contribution is 0.426. The van der Waals surface area contributed by atoms with E-state index in [0.717, 1.165) is 16.6 Å². The van der Waals surface area contributed by atoms with Gasteiger partial charge in [-0.25, -0.2) is 0 Å². The van der Waals surface area contributed by atoms with Crippen LogP contribution in [-0.2, 0) is 0 Å². The number of hydrogen-bond donors (Lipinski definition) is 3. The second-order valence-electron chi connectivity index (χ2n) is 3.94. The van der Waals surface area contributed by atoms with Crippen LogP contribution in [0.5, 0.6) is 0 Å². The predicted molar refractivity (Wildman–Crippen MR) is 60.0 cm³/mol. The molecule has 0 atom stereocenters. The fraction of sp³-hybridized carbons (Fsp3) is 0.300. The van der Waals surface area contributed by atoms with Gasteiger partial charge in [-0.3, -0.25) is 5.10 Å². The average molecular weight is 204 g/mol. The molecule has 3 N–H and O–H groups in total. The number of hydrogen-bond acceptors (Lipinski definition) is 3. The number of fused-ring (bicyclic) bond motifs is 1. The van der Waals surface area contributed by atoms with Crippen LogP contribution in [0.1, 0.15) is 25.5 Å². The van der Waals surface area contributed by atoms with Gasteiger partial charge in [0.1, 0.15) is 0 Å². The Hall–Kier alpha value is -1.33. The van der Waals surface area contributed by atoms with Crippen molar-refractivity contribution < 1.29 is 10.0 Å². The van der Waals surface area contributed by atoms with Crippen LogP contribution in [-0.4, -0.2) is 27.4 Å². The van der Waals surface area contributed by atoms with E-state index in [-0.39, 0.29) is 0 Å². The number of nitrogens with one attached hydrogen (secondary N) is 1. The van der Waals surface area contributed by atoms with Gasteiger partial charge < -0.3 is 10.0 Å². The third-order valence-corrected chi connectivity index (χ3v) is 2.48. The van der Waals surface area contributed by atoms with Crippen LogP contribution in [0.25, 0.3) is 10.9 Å². The first-order chi connectivity index (χ1) is 7.09. The van der Waals surface area contributed by atoms with Gasteiger partial charge in [-0.1, -0.05) is 26.0 Å². The molecule has 0 fully saturated rings. The molecular formula is C10H13BN2O2. The summed E-state index contributed by atoms with van der Waals surface area (Å²) in [5.41, 5.74) is 2.36. The molecule has 0 aliphatic heterocycles. The van der Waals surface area contributed by atoms with E-state index >= 15 is 0 Å². The van der Waals surface area contributed by atoms with E-state index in [9.17, 15) is 0 Å². The van der Waals surface area contributed by atoms with Crippen molar-refractivity contribution >= 4 is 23.5 Å². The molecule has 0 saturated heterocycles. The van der Waals surface area contributed by atoms with Crippen molar-refractivity contribution in [1.82, 2.24) is 10.2 Å². The van der Waals surface area contributed by atoms with Crippen molar-refractivity contribution in [1.29, 1.82) is 0 Å². The second-order valence-corrected chi connectivity index (χ2v) is 3.94. The highest BCUT2D eigenvalue weighted by Gasteiger charge is 2.14. The number of nitrogens with zero attached hydrogens (tertiary/aromatic N) is 1. The van der Waals surface area contributed by atoms with Gasteiger partial charge in [0.05, 0.1) is 5.52 Å². The summed E-state index contributed by atoms with van der Waals surface area (Å²) >= 11 is 0. The Morgan fingerprint density at radius 1 is 1.33 bits per heavy atom. The minimum Gasteiger partial charge on any atom is -0.423 e. The Balaban J connectivity index is 2.61. The first-order valence-electron chi connectivity index (χ1n) is 4.93. The van der Waals surface area contributed by atoms with Gasteiger partial charge in [-0.05, 0) is 17.4 Å². The highest BCUT2D eigenvalue weighted by Crippen LogP contribution is 2.21. The number of benzene rings is 1. The van der Waals surface area contributed by atoms with Gasteiger partial charge in [0, 0.05) is 11.1 Å². The van der Waals surface area contributed by atoms with E-state index in [1.54, 1.807) is 18.2 Å². The molecule has 2 aromatic rings. The lowest BCUT2D eigenvalue weighted by atomic mass is 9.79. The molecule has 0 spiro atoms.